The number of benzene rings is 1. The van der Waals surface area contributed by atoms with Crippen LogP contribution in [-0.2, 0) is 18.3 Å². The van der Waals surface area contributed by atoms with Crippen molar-refractivity contribution >= 4 is 23.0 Å². The first kappa shape index (κ1) is 12.6. The standard InChI is InChI=1S/C13H14N2O2S/c1-9-8-18-13(15(9)2)14-11-5-3-10(4-6-11)7-12(16)17/h3-6,8H,7H2,1-2H3,(H,16,17)/b14-13-. The van der Waals surface area contributed by atoms with Crippen LogP contribution in [0.15, 0.2) is 34.6 Å². The summed E-state index contributed by atoms with van der Waals surface area (Å²) < 4.78 is 2.02. The predicted octanol–water partition coefficient (Wildman–Crippen LogP) is 2.25. The molecule has 1 aromatic carbocycles. The average molecular weight is 262 g/mol. The van der Waals surface area contributed by atoms with Crippen molar-refractivity contribution in [3.05, 3.63) is 45.7 Å². The molecule has 1 aromatic heterocycles. The number of aliphatic carboxylic acids is 1. The molecule has 0 fully saturated rings. The van der Waals surface area contributed by atoms with Gasteiger partial charge in [-0.1, -0.05) is 12.1 Å². The topological polar surface area (TPSA) is 54.6 Å². The van der Waals surface area contributed by atoms with Crippen molar-refractivity contribution in [3.8, 4) is 0 Å². The minimum atomic E-state index is -0.819. The molecule has 0 aliphatic carbocycles. The fourth-order valence-electron chi connectivity index (χ4n) is 1.52. The van der Waals surface area contributed by atoms with Crippen LogP contribution in [0.2, 0.25) is 0 Å². The van der Waals surface area contributed by atoms with E-state index in [9.17, 15) is 4.79 Å². The van der Waals surface area contributed by atoms with Crippen LogP contribution < -0.4 is 4.80 Å². The Morgan fingerprint density at radius 1 is 1.39 bits per heavy atom. The summed E-state index contributed by atoms with van der Waals surface area (Å²) in [7, 11) is 1.98. The third-order valence-corrected chi connectivity index (χ3v) is 3.70. The van der Waals surface area contributed by atoms with Crippen molar-refractivity contribution in [1.82, 2.24) is 4.57 Å². The van der Waals surface area contributed by atoms with Crippen molar-refractivity contribution < 1.29 is 9.90 Å². The van der Waals surface area contributed by atoms with Gasteiger partial charge in [0.05, 0.1) is 12.1 Å². The molecule has 18 heavy (non-hydrogen) atoms. The van der Waals surface area contributed by atoms with Crippen LogP contribution in [0.3, 0.4) is 0 Å². The van der Waals surface area contributed by atoms with Gasteiger partial charge in [0.15, 0.2) is 4.80 Å². The largest absolute Gasteiger partial charge is 0.481 e. The Balaban J connectivity index is 2.28. The van der Waals surface area contributed by atoms with Gasteiger partial charge in [0, 0.05) is 18.1 Å². The number of carboxylic acids is 1. The Bertz CT molecular complexity index is 623. The highest BCUT2D eigenvalue weighted by molar-refractivity contribution is 7.07. The van der Waals surface area contributed by atoms with Crippen LogP contribution in [0.4, 0.5) is 5.69 Å². The summed E-state index contributed by atoms with van der Waals surface area (Å²) in [5, 5.41) is 10.7. The fraction of sp³-hybridized carbons (Fsp3) is 0.231. The molecular formula is C13H14N2O2S. The van der Waals surface area contributed by atoms with Crippen molar-refractivity contribution in [2.45, 2.75) is 13.3 Å². The molecule has 0 bridgehead atoms. The lowest BCUT2D eigenvalue weighted by molar-refractivity contribution is -0.136. The second kappa shape index (κ2) is 5.18. The third kappa shape index (κ3) is 2.87. The van der Waals surface area contributed by atoms with E-state index in [0.29, 0.717) is 0 Å². The quantitative estimate of drug-likeness (QED) is 0.922. The first-order chi connectivity index (χ1) is 8.56. The highest BCUT2D eigenvalue weighted by Crippen LogP contribution is 2.13. The first-order valence-electron chi connectivity index (χ1n) is 5.53. The summed E-state index contributed by atoms with van der Waals surface area (Å²) in [6.07, 6.45) is 0.0478. The summed E-state index contributed by atoms with van der Waals surface area (Å²) in [5.74, 6) is -0.819. The summed E-state index contributed by atoms with van der Waals surface area (Å²) in [6, 6.07) is 7.28. The Morgan fingerprint density at radius 2 is 2.06 bits per heavy atom. The van der Waals surface area contributed by atoms with Crippen molar-refractivity contribution in [1.29, 1.82) is 0 Å². The van der Waals surface area contributed by atoms with E-state index in [2.05, 4.69) is 10.4 Å². The second-order valence-electron chi connectivity index (χ2n) is 4.07. The zero-order valence-corrected chi connectivity index (χ0v) is 11.1. The van der Waals surface area contributed by atoms with E-state index in [4.69, 9.17) is 5.11 Å². The molecule has 0 saturated heterocycles. The van der Waals surface area contributed by atoms with Gasteiger partial charge in [-0.25, -0.2) is 4.99 Å². The maximum absolute atomic E-state index is 10.6. The Hall–Kier alpha value is -1.88. The molecule has 2 rings (SSSR count). The number of thiazole rings is 1. The Kier molecular flexibility index (Phi) is 3.62. The van der Waals surface area contributed by atoms with Gasteiger partial charge in [0.2, 0.25) is 0 Å². The zero-order valence-electron chi connectivity index (χ0n) is 10.3. The summed E-state index contributed by atoms with van der Waals surface area (Å²) in [4.78, 5) is 16.0. The van der Waals surface area contributed by atoms with Crippen LogP contribution in [0.25, 0.3) is 0 Å². The molecule has 0 atom stereocenters. The molecule has 0 spiro atoms. The predicted molar refractivity (Wildman–Crippen MR) is 71.0 cm³/mol. The SMILES string of the molecule is Cc1cs/c(=N\c2ccc(CC(=O)O)cc2)n1C. The number of nitrogens with zero attached hydrogens (tertiary/aromatic N) is 2. The Labute approximate surface area is 109 Å². The van der Waals surface area contributed by atoms with E-state index < -0.39 is 5.97 Å². The fourth-order valence-corrected chi connectivity index (χ4v) is 2.42. The molecule has 0 saturated carbocycles. The molecule has 94 valence electrons. The molecule has 0 aliphatic heterocycles. The Morgan fingerprint density at radius 3 is 2.56 bits per heavy atom. The highest BCUT2D eigenvalue weighted by Gasteiger charge is 2.00. The van der Waals surface area contributed by atoms with E-state index in [1.165, 1.54) is 5.69 Å². The number of carboxylic acid groups (broad SMARTS) is 1. The molecule has 4 nitrogen and oxygen atoms in total. The normalized spacial score (nSPS) is 11.8. The molecule has 0 unspecified atom stereocenters. The maximum atomic E-state index is 10.6. The van der Waals surface area contributed by atoms with Crippen molar-refractivity contribution in [3.63, 3.8) is 0 Å². The molecular weight excluding hydrogens is 248 g/mol. The smallest absolute Gasteiger partial charge is 0.307 e. The van der Waals surface area contributed by atoms with Gasteiger partial charge in [-0.15, -0.1) is 11.3 Å². The van der Waals surface area contributed by atoms with Crippen LogP contribution in [0.1, 0.15) is 11.3 Å². The minimum absolute atomic E-state index is 0.0478. The van der Waals surface area contributed by atoms with Gasteiger partial charge in [0.1, 0.15) is 0 Å². The second-order valence-corrected chi connectivity index (χ2v) is 4.90. The highest BCUT2D eigenvalue weighted by atomic mass is 32.1. The van der Waals surface area contributed by atoms with Gasteiger partial charge in [-0.05, 0) is 24.6 Å². The lowest BCUT2D eigenvalue weighted by Crippen LogP contribution is -2.10. The molecule has 1 heterocycles. The van der Waals surface area contributed by atoms with E-state index in [-0.39, 0.29) is 6.42 Å². The number of carbonyl (C=O) groups is 1. The van der Waals surface area contributed by atoms with Crippen molar-refractivity contribution in [2.75, 3.05) is 0 Å². The number of aryl methyl sites for hydroxylation is 1. The molecule has 0 aliphatic rings. The molecule has 0 radical (unpaired) electrons. The summed E-state index contributed by atoms with van der Waals surface area (Å²) in [6.45, 7) is 2.03. The van der Waals surface area contributed by atoms with E-state index in [0.717, 1.165) is 16.1 Å². The van der Waals surface area contributed by atoms with Crippen LogP contribution >= 0.6 is 11.3 Å². The lowest BCUT2D eigenvalue weighted by Gasteiger charge is -1.98. The van der Waals surface area contributed by atoms with Gasteiger partial charge in [-0.3, -0.25) is 4.79 Å². The molecule has 2 aromatic rings. The van der Waals surface area contributed by atoms with Crippen LogP contribution in [0, 0.1) is 6.92 Å². The minimum Gasteiger partial charge on any atom is -0.481 e. The lowest BCUT2D eigenvalue weighted by atomic mass is 10.1. The van der Waals surface area contributed by atoms with E-state index in [1.54, 1.807) is 23.5 Å². The van der Waals surface area contributed by atoms with E-state index >= 15 is 0 Å². The van der Waals surface area contributed by atoms with Crippen LogP contribution in [-0.4, -0.2) is 15.6 Å². The molecule has 0 amide bonds. The van der Waals surface area contributed by atoms with E-state index in [1.807, 2.05) is 30.7 Å². The number of aromatic nitrogens is 1. The summed E-state index contributed by atoms with van der Waals surface area (Å²) >= 11 is 1.59. The number of hydrogen-bond donors (Lipinski definition) is 1. The zero-order chi connectivity index (χ0) is 13.1. The number of hydrogen-bond acceptors (Lipinski definition) is 3. The average Bonchev–Trinajstić information content (AvgIpc) is 2.63. The van der Waals surface area contributed by atoms with Gasteiger partial charge in [0.25, 0.3) is 0 Å². The van der Waals surface area contributed by atoms with Gasteiger partial charge in [-0.2, -0.15) is 0 Å². The van der Waals surface area contributed by atoms with Crippen molar-refractivity contribution in [2.24, 2.45) is 12.0 Å². The van der Waals surface area contributed by atoms with Gasteiger partial charge < -0.3 is 9.67 Å². The first-order valence-corrected chi connectivity index (χ1v) is 6.41. The summed E-state index contributed by atoms with van der Waals surface area (Å²) in [5.41, 5.74) is 2.79. The molecule has 5 heteroatoms. The maximum Gasteiger partial charge on any atom is 0.307 e. The number of rotatable bonds is 3. The molecule has 1 N–H and O–H groups in total. The third-order valence-electron chi connectivity index (χ3n) is 2.67. The van der Waals surface area contributed by atoms with Crippen LogP contribution in [0.5, 0.6) is 0 Å². The van der Waals surface area contributed by atoms with Gasteiger partial charge >= 0.3 is 5.97 Å². The monoisotopic (exact) mass is 262 g/mol.